The first kappa shape index (κ1) is 15.8. The van der Waals surface area contributed by atoms with Crippen molar-refractivity contribution in [3.63, 3.8) is 0 Å². The number of aliphatic hydroxyl groups excluding tert-OH is 5. The maximum atomic E-state index is 9.04. The molecule has 0 aromatic carbocycles. The van der Waals surface area contributed by atoms with Crippen LogP contribution in [-0.4, -0.2) is 63.1 Å². The van der Waals surface area contributed by atoms with Crippen molar-refractivity contribution in [2.75, 3.05) is 13.2 Å². The molecule has 0 spiro atoms. The van der Waals surface area contributed by atoms with Crippen molar-refractivity contribution < 1.29 is 45.8 Å². The SMILES string of the molecule is NC[C@H](O)[C@@H](O)[C@H](O)[C@H](O)CO.[H-].[Li+]. The zero-order chi connectivity index (χ0) is 9.72. The van der Waals surface area contributed by atoms with Gasteiger partial charge >= 0.3 is 18.9 Å². The Kier molecular flexibility index (Phi) is 9.41. The Hall–Kier alpha value is 0.357. The Morgan fingerprint density at radius 2 is 1.38 bits per heavy atom. The largest absolute Gasteiger partial charge is 1.00 e. The van der Waals surface area contributed by atoms with Crippen molar-refractivity contribution in [2.24, 2.45) is 5.73 Å². The predicted octanol–water partition coefficient (Wildman–Crippen LogP) is -6.50. The number of nitrogens with two attached hydrogens (primary N) is 1. The van der Waals surface area contributed by atoms with Crippen LogP contribution in [0.3, 0.4) is 0 Å². The molecule has 0 aliphatic carbocycles. The maximum absolute atomic E-state index is 9.04. The average Bonchev–Trinajstić information content (AvgIpc) is 2.12. The molecule has 0 amide bonds. The Balaban J connectivity index is -0.000000605. The fourth-order valence-electron chi connectivity index (χ4n) is 0.703. The molecule has 0 saturated heterocycles. The van der Waals surface area contributed by atoms with Crippen LogP contribution < -0.4 is 24.6 Å². The number of hydrogen-bond donors (Lipinski definition) is 6. The van der Waals surface area contributed by atoms with Crippen molar-refractivity contribution in [1.82, 2.24) is 0 Å². The van der Waals surface area contributed by atoms with Crippen molar-refractivity contribution in [1.29, 1.82) is 0 Å². The van der Waals surface area contributed by atoms with Crippen LogP contribution in [0.2, 0.25) is 0 Å². The predicted molar refractivity (Wildman–Crippen MR) is 41.3 cm³/mol. The van der Waals surface area contributed by atoms with Crippen molar-refractivity contribution in [3.05, 3.63) is 0 Å². The van der Waals surface area contributed by atoms with E-state index in [1.165, 1.54) is 0 Å². The second-order valence-corrected chi connectivity index (χ2v) is 2.53. The Labute approximate surface area is 89.7 Å². The normalized spacial score (nSPS) is 19.8. The van der Waals surface area contributed by atoms with E-state index in [0.717, 1.165) is 0 Å². The molecular formula is C6H16LiNO5. The molecule has 0 aromatic heterocycles. The third kappa shape index (κ3) is 4.95. The second kappa shape index (κ2) is 7.73. The molecule has 0 aliphatic rings. The first-order chi connectivity index (χ1) is 5.54. The molecule has 0 saturated carbocycles. The average molecular weight is 189 g/mol. The van der Waals surface area contributed by atoms with E-state index in [9.17, 15) is 0 Å². The first-order valence-electron chi connectivity index (χ1n) is 3.57. The monoisotopic (exact) mass is 189 g/mol. The van der Waals surface area contributed by atoms with Crippen LogP contribution in [0.4, 0.5) is 0 Å². The third-order valence-corrected chi connectivity index (χ3v) is 1.57. The minimum absolute atomic E-state index is 0. The molecule has 0 aromatic rings. The van der Waals surface area contributed by atoms with Crippen molar-refractivity contribution in [2.45, 2.75) is 24.4 Å². The summed E-state index contributed by atoms with van der Waals surface area (Å²) in [4.78, 5) is 0. The summed E-state index contributed by atoms with van der Waals surface area (Å²) >= 11 is 0. The van der Waals surface area contributed by atoms with E-state index in [2.05, 4.69) is 0 Å². The van der Waals surface area contributed by atoms with E-state index in [0.29, 0.717) is 0 Å². The van der Waals surface area contributed by atoms with Crippen molar-refractivity contribution in [3.8, 4) is 0 Å². The molecule has 6 nitrogen and oxygen atoms in total. The number of rotatable bonds is 5. The van der Waals surface area contributed by atoms with Crippen LogP contribution in [0.5, 0.6) is 0 Å². The van der Waals surface area contributed by atoms with E-state index < -0.39 is 31.0 Å². The third-order valence-electron chi connectivity index (χ3n) is 1.57. The van der Waals surface area contributed by atoms with Crippen LogP contribution in [0, 0.1) is 0 Å². The smallest absolute Gasteiger partial charge is 1.00 e. The van der Waals surface area contributed by atoms with Gasteiger partial charge in [0.05, 0.1) is 12.7 Å². The summed E-state index contributed by atoms with van der Waals surface area (Å²) in [6, 6.07) is 0. The first-order valence-corrected chi connectivity index (χ1v) is 3.57. The van der Waals surface area contributed by atoms with Crippen LogP contribution in [0.25, 0.3) is 0 Å². The molecule has 7 heteroatoms. The fraction of sp³-hybridized carbons (Fsp3) is 1.00. The summed E-state index contributed by atoms with van der Waals surface area (Å²) in [5.74, 6) is 0. The van der Waals surface area contributed by atoms with Gasteiger partial charge in [0.1, 0.15) is 18.3 Å². The van der Waals surface area contributed by atoms with Crippen LogP contribution in [0.1, 0.15) is 1.43 Å². The molecule has 0 bridgehead atoms. The molecular weight excluding hydrogens is 173 g/mol. The zero-order valence-corrected chi connectivity index (χ0v) is 7.54. The molecule has 76 valence electrons. The van der Waals surface area contributed by atoms with Gasteiger partial charge in [-0.15, -0.1) is 0 Å². The summed E-state index contributed by atoms with van der Waals surface area (Å²) in [7, 11) is 0. The summed E-state index contributed by atoms with van der Waals surface area (Å²) in [6.45, 7) is -0.911. The van der Waals surface area contributed by atoms with E-state index in [-0.39, 0.29) is 26.8 Å². The molecule has 13 heavy (non-hydrogen) atoms. The number of hydrogen-bond acceptors (Lipinski definition) is 6. The molecule has 0 radical (unpaired) electrons. The Bertz CT molecular complexity index is 119. The molecule has 0 aliphatic heterocycles. The van der Waals surface area contributed by atoms with Crippen molar-refractivity contribution >= 4 is 0 Å². The van der Waals surface area contributed by atoms with Gasteiger partial charge in [-0.25, -0.2) is 0 Å². The fourth-order valence-corrected chi connectivity index (χ4v) is 0.703. The summed E-state index contributed by atoms with van der Waals surface area (Å²) in [5, 5.41) is 44.2. The van der Waals surface area contributed by atoms with Gasteiger partial charge in [0.25, 0.3) is 0 Å². The van der Waals surface area contributed by atoms with Gasteiger partial charge in [-0.1, -0.05) is 0 Å². The molecule has 0 rings (SSSR count). The molecule has 0 heterocycles. The van der Waals surface area contributed by atoms with E-state index in [1.807, 2.05) is 0 Å². The van der Waals surface area contributed by atoms with Gasteiger partial charge < -0.3 is 32.7 Å². The quantitative estimate of drug-likeness (QED) is 0.239. The van der Waals surface area contributed by atoms with Crippen LogP contribution in [-0.2, 0) is 0 Å². The van der Waals surface area contributed by atoms with Gasteiger partial charge in [-0.05, 0) is 0 Å². The summed E-state index contributed by atoms with van der Waals surface area (Å²) in [6.07, 6.45) is -5.91. The molecule has 7 N–H and O–H groups in total. The Morgan fingerprint density at radius 3 is 1.69 bits per heavy atom. The van der Waals surface area contributed by atoms with Gasteiger partial charge in [-0.3, -0.25) is 0 Å². The van der Waals surface area contributed by atoms with Gasteiger partial charge in [0, 0.05) is 6.54 Å². The molecule has 0 unspecified atom stereocenters. The van der Waals surface area contributed by atoms with E-state index in [4.69, 9.17) is 31.3 Å². The van der Waals surface area contributed by atoms with Crippen LogP contribution in [0.15, 0.2) is 0 Å². The van der Waals surface area contributed by atoms with E-state index in [1.54, 1.807) is 0 Å². The van der Waals surface area contributed by atoms with Gasteiger partial charge in [0.15, 0.2) is 0 Å². The van der Waals surface area contributed by atoms with Crippen LogP contribution >= 0.6 is 0 Å². The molecule has 0 fully saturated rings. The van der Waals surface area contributed by atoms with Gasteiger partial charge in [-0.2, -0.15) is 0 Å². The topological polar surface area (TPSA) is 127 Å². The number of aliphatic hydroxyl groups is 5. The second-order valence-electron chi connectivity index (χ2n) is 2.53. The minimum Gasteiger partial charge on any atom is -1.00 e. The van der Waals surface area contributed by atoms with E-state index >= 15 is 0 Å². The standard InChI is InChI=1S/C6H15NO5.Li.H/c7-1-3(9)5(11)6(12)4(10)2-8;;/h3-6,8-12H,1-2,7H2;;/q;+1;-1/t3-,4+,5+,6+;;/m0../s1. The summed E-state index contributed by atoms with van der Waals surface area (Å²) in [5.41, 5.74) is 4.99. The zero-order valence-electron chi connectivity index (χ0n) is 8.54. The minimum atomic E-state index is -1.59. The maximum Gasteiger partial charge on any atom is 1.00 e. The Morgan fingerprint density at radius 1 is 1.00 bits per heavy atom. The molecule has 4 atom stereocenters. The van der Waals surface area contributed by atoms with Gasteiger partial charge in [0.2, 0.25) is 0 Å². The summed E-state index contributed by atoms with van der Waals surface area (Å²) < 4.78 is 0.